The van der Waals surface area contributed by atoms with Crippen LogP contribution in [0.5, 0.6) is 0 Å². The van der Waals surface area contributed by atoms with Crippen molar-refractivity contribution in [2.75, 3.05) is 11.4 Å². The van der Waals surface area contributed by atoms with E-state index in [4.69, 9.17) is 0 Å². The van der Waals surface area contributed by atoms with Crippen LogP contribution in [-0.4, -0.2) is 28.1 Å². The zero-order valence-electron chi connectivity index (χ0n) is 10.4. The quantitative estimate of drug-likeness (QED) is 0.881. The van der Waals surface area contributed by atoms with Gasteiger partial charge in [-0.15, -0.1) is 11.3 Å². The average Bonchev–Trinajstić information content (AvgIpc) is 2.47. The van der Waals surface area contributed by atoms with Crippen molar-refractivity contribution < 1.29 is 9.90 Å². The number of hydrogen-bond acceptors (Lipinski definition) is 4. The minimum Gasteiger partial charge on any atom is -0.480 e. The first kappa shape index (κ1) is 13.0. The van der Waals surface area contributed by atoms with Crippen molar-refractivity contribution in [2.24, 2.45) is 0 Å². The molecule has 0 bridgehead atoms. The van der Waals surface area contributed by atoms with Gasteiger partial charge < -0.3 is 10.0 Å². The molecule has 0 amide bonds. The van der Waals surface area contributed by atoms with Crippen LogP contribution >= 0.6 is 11.3 Å². The van der Waals surface area contributed by atoms with Gasteiger partial charge in [-0.3, -0.25) is 0 Å². The lowest BCUT2D eigenvalue weighted by Crippen LogP contribution is -2.50. The molecule has 0 fully saturated rings. The fourth-order valence-electron chi connectivity index (χ4n) is 1.46. The standard InChI is InChI=1S/C11H18N2O2S/c1-6-13(11(4,5)9(14)15)10-12-7(2)8(3)16-10/h6H2,1-5H3,(H,14,15). The van der Waals surface area contributed by atoms with Gasteiger partial charge in [0, 0.05) is 11.4 Å². The number of rotatable bonds is 4. The Kier molecular flexibility index (Phi) is 3.57. The number of carboxylic acid groups (broad SMARTS) is 1. The lowest BCUT2D eigenvalue weighted by atomic mass is 10.0. The van der Waals surface area contributed by atoms with Crippen LogP contribution in [0.3, 0.4) is 0 Å². The largest absolute Gasteiger partial charge is 0.480 e. The Morgan fingerprint density at radius 3 is 2.38 bits per heavy atom. The van der Waals surface area contributed by atoms with Crippen LogP contribution in [0.15, 0.2) is 0 Å². The van der Waals surface area contributed by atoms with Gasteiger partial charge in [0.2, 0.25) is 0 Å². The molecule has 1 aromatic rings. The molecule has 0 atom stereocenters. The highest BCUT2D eigenvalue weighted by Crippen LogP contribution is 2.30. The zero-order valence-corrected chi connectivity index (χ0v) is 11.2. The second-order valence-corrected chi connectivity index (χ2v) is 5.43. The number of nitrogens with zero attached hydrogens (tertiary/aromatic N) is 2. The van der Waals surface area contributed by atoms with Gasteiger partial charge in [-0.1, -0.05) is 0 Å². The molecule has 0 unspecified atom stereocenters. The Labute approximate surface area is 99.9 Å². The van der Waals surface area contributed by atoms with E-state index >= 15 is 0 Å². The van der Waals surface area contributed by atoms with Crippen molar-refractivity contribution in [3.63, 3.8) is 0 Å². The Balaban J connectivity index is 3.12. The number of aryl methyl sites for hydroxylation is 2. The van der Waals surface area contributed by atoms with E-state index in [1.807, 2.05) is 25.7 Å². The molecule has 90 valence electrons. The monoisotopic (exact) mass is 242 g/mol. The SMILES string of the molecule is CCN(c1nc(C)c(C)s1)C(C)(C)C(=O)O. The molecular weight excluding hydrogens is 224 g/mol. The number of aliphatic carboxylic acids is 1. The van der Waals surface area contributed by atoms with Crippen LogP contribution < -0.4 is 4.90 Å². The van der Waals surface area contributed by atoms with Gasteiger partial charge in [0.1, 0.15) is 5.54 Å². The summed E-state index contributed by atoms with van der Waals surface area (Å²) in [6.07, 6.45) is 0. The third-order valence-corrected chi connectivity index (χ3v) is 3.86. The summed E-state index contributed by atoms with van der Waals surface area (Å²) in [7, 11) is 0. The van der Waals surface area contributed by atoms with E-state index in [-0.39, 0.29) is 0 Å². The van der Waals surface area contributed by atoms with Crippen molar-refractivity contribution in [2.45, 2.75) is 40.2 Å². The molecule has 0 radical (unpaired) electrons. The lowest BCUT2D eigenvalue weighted by Gasteiger charge is -2.33. The van der Waals surface area contributed by atoms with E-state index in [0.717, 1.165) is 15.7 Å². The summed E-state index contributed by atoms with van der Waals surface area (Å²) in [5, 5.41) is 10.00. The van der Waals surface area contributed by atoms with Gasteiger partial charge in [-0.2, -0.15) is 0 Å². The number of anilines is 1. The van der Waals surface area contributed by atoms with E-state index in [9.17, 15) is 9.90 Å². The minimum atomic E-state index is -0.925. The van der Waals surface area contributed by atoms with Crippen molar-refractivity contribution in [3.05, 3.63) is 10.6 Å². The maximum Gasteiger partial charge on any atom is 0.329 e. The Morgan fingerprint density at radius 2 is 2.06 bits per heavy atom. The van der Waals surface area contributed by atoms with Crippen LogP contribution in [0.4, 0.5) is 5.13 Å². The molecule has 1 rings (SSSR count). The molecule has 0 saturated heterocycles. The van der Waals surface area contributed by atoms with Gasteiger partial charge in [-0.05, 0) is 34.6 Å². The predicted molar refractivity (Wildman–Crippen MR) is 66.3 cm³/mol. The number of thiazole rings is 1. The summed E-state index contributed by atoms with van der Waals surface area (Å²) in [4.78, 5) is 18.6. The summed E-state index contributed by atoms with van der Waals surface area (Å²) in [5.41, 5.74) is 0.0468. The Morgan fingerprint density at radius 1 is 1.50 bits per heavy atom. The summed E-state index contributed by atoms with van der Waals surface area (Å²) in [6, 6.07) is 0. The maximum absolute atomic E-state index is 11.2. The first-order valence-corrected chi connectivity index (χ1v) is 6.07. The predicted octanol–water partition coefficient (Wildman–Crippen LogP) is 2.45. The molecule has 0 spiro atoms. The van der Waals surface area contributed by atoms with E-state index in [2.05, 4.69) is 4.98 Å². The van der Waals surface area contributed by atoms with Crippen LogP contribution in [0.2, 0.25) is 0 Å². The van der Waals surface area contributed by atoms with Crippen LogP contribution in [0.25, 0.3) is 0 Å². The van der Waals surface area contributed by atoms with E-state index in [1.54, 1.807) is 25.2 Å². The molecule has 0 aromatic carbocycles. The number of likely N-dealkylation sites (N-methyl/N-ethyl adjacent to an activating group) is 1. The third-order valence-electron chi connectivity index (χ3n) is 2.76. The normalized spacial score (nSPS) is 11.6. The summed E-state index contributed by atoms with van der Waals surface area (Å²) in [5.74, 6) is -0.833. The first-order chi connectivity index (χ1) is 7.30. The van der Waals surface area contributed by atoms with E-state index in [1.165, 1.54) is 0 Å². The lowest BCUT2D eigenvalue weighted by molar-refractivity contribution is -0.142. The molecule has 0 aliphatic heterocycles. The summed E-state index contributed by atoms with van der Waals surface area (Å²) < 4.78 is 0. The molecule has 1 heterocycles. The van der Waals surface area contributed by atoms with Crippen molar-refractivity contribution >= 4 is 22.4 Å². The van der Waals surface area contributed by atoms with Crippen LogP contribution in [-0.2, 0) is 4.79 Å². The van der Waals surface area contributed by atoms with Crippen LogP contribution in [0.1, 0.15) is 31.3 Å². The van der Waals surface area contributed by atoms with Crippen molar-refractivity contribution in [1.82, 2.24) is 4.98 Å². The molecular formula is C11H18N2O2S. The number of hydrogen-bond donors (Lipinski definition) is 1. The maximum atomic E-state index is 11.2. The van der Waals surface area contributed by atoms with Gasteiger partial charge in [0.05, 0.1) is 5.69 Å². The smallest absolute Gasteiger partial charge is 0.329 e. The highest BCUT2D eigenvalue weighted by molar-refractivity contribution is 7.15. The molecule has 0 aliphatic rings. The van der Waals surface area contributed by atoms with Gasteiger partial charge >= 0.3 is 5.97 Å². The summed E-state index contributed by atoms with van der Waals surface area (Å²) in [6.45, 7) is 9.91. The number of aromatic nitrogens is 1. The minimum absolute atomic E-state index is 0.631. The second-order valence-electron chi connectivity index (χ2n) is 4.25. The molecule has 1 aromatic heterocycles. The van der Waals surface area contributed by atoms with Crippen LogP contribution in [0, 0.1) is 13.8 Å². The van der Waals surface area contributed by atoms with Gasteiger partial charge in [0.15, 0.2) is 5.13 Å². The molecule has 5 heteroatoms. The fraction of sp³-hybridized carbons (Fsp3) is 0.636. The molecule has 1 N–H and O–H groups in total. The van der Waals surface area contributed by atoms with E-state index in [0.29, 0.717) is 6.54 Å². The Bertz CT molecular complexity index is 379. The van der Waals surface area contributed by atoms with Gasteiger partial charge in [0.25, 0.3) is 0 Å². The summed E-state index contributed by atoms with van der Waals surface area (Å²) >= 11 is 1.54. The highest BCUT2D eigenvalue weighted by Gasteiger charge is 2.35. The van der Waals surface area contributed by atoms with Crippen molar-refractivity contribution in [3.8, 4) is 0 Å². The van der Waals surface area contributed by atoms with Crippen molar-refractivity contribution in [1.29, 1.82) is 0 Å². The molecule has 0 aliphatic carbocycles. The Hall–Kier alpha value is -1.10. The third kappa shape index (κ3) is 2.19. The molecule has 16 heavy (non-hydrogen) atoms. The first-order valence-electron chi connectivity index (χ1n) is 5.25. The highest BCUT2D eigenvalue weighted by atomic mass is 32.1. The second kappa shape index (κ2) is 4.41. The zero-order chi connectivity index (χ0) is 12.5. The fourth-order valence-corrected chi connectivity index (χ4v) is 2.57. The number of carboxylic acids is 1. The number of carbonyl (C=O) groups is 1. The average molecular weight is 242 g/mol. The molecule has 4 nitrogen and oxygen atoms in total. The van der Waals surface area contributed by atoms with Gasteiger partial charge in [-0.25, -0.2) is 9.78 Å². The van der Waals surface area contributed by atoms with E-state index < -0.39 is 11.5 Å². The molecule has 0 saturated carbocycles. The topological polar surface area (TPSA) is 53.4 Å².